The van der Waals surface area contributed by atoms with Crippen LogP contribution in [-0.4, -0.2) is 62.0 Å². The number of rotatable bonds is 9. The van der Waals surface area contributed by atoms with Crippen LogP contribution in [0.2, 0.25) is 0 Å². The van der Waals surface area contributed by atoms with Gasteiger partial charge in [-0.3, -0.25) is 14.4 Å². The first-order chi connectivity index (χ1) is 11.5. The van der Waals surface area contributed by atoms with Gasteiger partial charge in [0.25, 0.3) is 0 Å². The van der Waals surface area contributed by atoms with E-state index < -0.39 is 5.41 Å². The molecular formula is C17H29N3O4. The molecular weight excluding hydrogens is 310 g/mol. The van der Waals surface area contributed by atoms with Gasteiger partial charge in [-0.15, -0.1) is 0 Å². The first-order valence-electron chi connectivity index (χ1n) is 8.82. The second kappa shape index (κ2) is 8.46. The number of carbonyl (C=O) groups excluding carboxylic acids is 3. The van der Waals surface area contributed by atoms with E-state index in [1.165, 1.54) is 0 Å². The molecule has 1 atom stereocenters. The zero-order valence-electron chi connectivity index (χ0n) is 14.7. The normalized spacial score (nSPS) is 22.9. The van der Waals surface area contributed by atoms with Crippen molar-refractivity contribution in [1.29, 1.82) is 0 Å². The molecule has 1 aliphatic carbocycles. The van der Waals surface area contributed by atoms with Crippen molar-refractivity contribution in [1.82, 2.24) is 15.5 Å². The molecule has 1 saturated heterocycles. The smallest absolute Gasteiger partial charge is 0.228 e. The van der Waals surface area contributed by atoms with Gasteiger partial charge < -0.3 is 20.3 Å². The second-order valence-corrected chi connectivity index (χ2v) is 6.96. The van der Waals surface area contributed by atoms with E-state index in [-0.39, 0.29) is 17.7 Å². The molecule has 0 aromatic heterocycles. The van der Waals surface area contributed by atoms with Crippen LogP contribution < -0.4 is 10.6 Å². The fourth-order valence-electron chi connectivity index (χ4n) is 2.92. The summed E-state index contributed by atoms with van der Waals surface area (Å²) < 4.78 is 5.31. The highest BCUT2D eigenvalue weighted by atomic mass is 16.5. The minimum Gasteiger partial charge on any atom is -0.380 e. The molecule has 1 unspecified atom stereocenters. The summed E-state index contributed by atoms with van der Waals surface area (Å²) in [5, 5.41) is 5.50. The van der Waals surface area contributed by atoms with Crippen LogP contribution in [-0.2, 0) is 19.1 Å². The van der Waals surface area contributed by atoms with E-state index in [1.54, 1.807) is 7.05 Å². The summed E-state index contributed by atoms with van der Waals surface area (Å²) in [6.45, 7) is 4.00. The largest absolute Gasteiger partial charge is 0.380 e. The third-order valence-electron chi connectivity index (χ3n) is 4.79. The minimum absolute atomic E-state index is 0.00260. The molecule has 0 bridgehead atoms. The highest BCUT2D eigenvalue weighted by Gasteiger charge is 2.37. The Labute approximate surface area is 143 Å². The Hall–Kier alpha value is -1.63. The lowest BCUT2D eigenvalue weighted by molar-refractivity contribution is -0.134. The van der Waals surface area contributed by atoms with Gasteiger partial charge in [-0.1, -0.05) is 0 Å². The Kier molecular flexibility index (Phi) is 6.60. The third kappa shape index (κ3) is 5.19. The molecule has 7 heteroatoms. The van der Waals surface area contributed by atoms with E-state index in [4.69, 9.17) is 4.74 Å². The lowest BCUT2D eigenvalue weighted by Gasteiger charge is -2.25. The van der Waals surface area contributed by atoms with Crippen molar-refractivity contribution in [2.24, 2.45) is 5.41 Å². The van der Waals surface area contributed by atoms with Crippen molar-refractivity contribution >= 4 is 17.7 Å². The Bertz CT molecular complexity index is 470. The molecule has 2 fully saturated rings. The topological polar surface area (TPSA) is 87.7 Å². The summed E-state index contributed by atoms with van der Waals surface area (Å²) >= 11 is 0. The second-order valence-electron chi connectivity index (χ2n) is 6.96. The summed E-state index contributed by atoms with van der Waals surface area (Å²) in [6, 6.07) is 0.305. The van der Waals surface area contributed by atoms with Crippen LogP contribution in [0.25, 0.3) is 0 Å². The molecule has 136 valence electrons. The number of nitrogens with zero attached hydrogens (tertiary/aromatic N) is 1. The predicted octanol–water partition coefficient (Wildman–Crippen LogP) is 0.437. The van der Waals surface area contributed by atoms with E-state index in [2.05, 4.69) is 10.6 Å². The number of amides is 3. The van der Waals surface area contributed by atoms with Gasteiger partial charge in [-0.2, -0.15) is 0 Å². The fraction of sp³-hybridized carbons (Fsp3) is 0.824. The van der Waals surface area contributed by atoms with Crippen molar-refractivity contribution in [2.45, 2.75) is 51.5 Å². The lowest BCUT2D eigenvalue weighted by atomic mass is 9.89. The molecule has 2 aliphatic rings. The molecule has 0 aromatic rings. The Morgan fingerprint density at radius 2 is 2.00 bits per heavy atom. The van der Waals surface area contributed by atoms with E-state index >= 15 is 0 Å². The summed E-state index contributed by atoms with van der Waals surface area (Å²) in [5.41, 5.74) is -0.443. The SMILES string of the molecule is CNC(=O)CCCC(=O)N(CCNC(=O)C1(C)CCOC1)C1CC1. The van der Waals surface area contributed by atoms with Crippen molar-refractivity contribution < 1.29 is 19.1 Å². The third-order valence-corrected chi connectivity index (χ3v) is 4.79. The molecule has 3 amide bonds. The maximum atomic E-state index is 12.4. The monoisotopic (exact) mass is 339 g/mol. The first kappa shape index (κ1) is 18.7. The van der Waals surface area contributed by atoms with Crippen LogP contribution in [0.5, 0.6) is 0 Å². The van der Waals surface area contributed by atoms with Gasteiger partial charge in [0.1, 0.15) is 0 Å². The number of carbonyl (C=O) groups is 3. The van der Waals surface area contributed by atoms with Gasteiger partial charge in [-0.25, -0.2) is 0 Å². The summed E-state index contributed by atoms with van der Waals surface area (Å²) in [5.74, 6) is 0.0361. The van der Waals surface area contributed by atoms with Crippen LogP contribution in [0, 0.1) is 5.41 Å². The van der Waals surface area contributed by atoms with Crippen LogP contribution in [0.4, 0.5) is 0 Å². The quantitative estimate of drug-likeness (QED) is 0.638. The van der Waals surface area contributed by atoms with Crippen LogP contribution in [0.1, 0.15) is 45.4 Å². The highest BCUT2D eigenvalue weighted by molar-refractivity contribution is 5.83. The van der Waals surface area contributed by atoms with Gasteiger partial charge >= 0.3 is 0 Å². The molecule has 0 radical (unpaired) electrons. The Morgan fingerprint density at radius 1 is 1.25 bits per heavy atom. The van der Waals surface area contributed by atoms with E-state index in [9.17, 15) is 14.4 Å². The van der Waals surface area contributed by atoms with Crippen LogP contribution >= 0.6 is 0 Å². The van der Waals surface area contributed by atoms with Crippen molar-refractivity contribution in [3.05, 3.63) is 0 Å². The summed E-state index contributed by atoms with van der Waals surface area (Å²) in [7, 11) is 1.60. The molecule has 0 spiro atoms. The average molecular weight is 339 g/mol. The molecule has 1 saturated carbocycles. The maximum absolute atomic E-state index is 12.4. The molecule has 7 nitrogen and oxygen atoms in total. The maximum Gasteiger partial charge on any atom is 0.228 e. The van der Waals surface area contributed by atoms with Gasteiger partial charge in [0, 0.05) is 45.6 Å². The number of nitrogens with one attached hydrogen (secondary N) is 2. The first-order valence-corrected chi connectivity index (χ1v) is 8.82. The number of hydrogen-bond acceptors (Lipinski definition) is 4. The standard InChI is InChI=1S/C17H29N3O4/c1-17(8-11-24-12-17)16(23)19-9-10-20(13-6-7-13)15(22)5-3-4-14(21)18-2/h13H,3-12H2,1-2H3,(H,18,21)(H,19,23). The number of ether oxygens (including phenoxy) is 1. The predicted molar refractivity (Wildman–Crippen MR) is 89.2 cm³/mol. The fourth-order valence-corrected chi connectivity index (χ4v) is 2.92. The van der Waals surface area contributed by atoms with E-state index in [1.807, 2.05) is 11.8 Å². The Morgan fingerprint density at radius 3 is 2.58 bits per heavy atom. The molecule has 2 rings (SSSR count). The number of hydrogen-bond donors (Lipinski definition) is 2. The van der Waals surface area contributed by atoms with Crippen molar-refractivity contribution in [3.8, 4) is 0 Å². The average Bonchev–Trinajstić information content (AvgIpc) is 3.31. The molecule has 24 heavy (non-hydrogen) atoms. The Balaban J connectivity index is 1.72. The van der Waals surface area contributed by atoms with Crippen LogP contribution in [0.15, 0.2) is 0 Å². The van der Waals surface area contributed by atoms with Gasteiger partial charge in [0.15, 0.2) is 0 Å². The van der Waals surface area contributed by atoms with Crippen LogP contribution in [0.3, 0.4) is 0 Å². The lowest BCUT2D eigenvalue weighted by Crippen LogP contribution is -2.44. The van der Waals surface area contributed by atoms with Gasteiger partial charge in [0.05, 0.1) is 12.0 Å². The molecule has 0 aromatic carbocycles. The minimum atomic E-state index is -0.443. The molecule has 1 heterocycles. The summed E-state index contributed by atoms with van der Waals surface area (Å²) in [4.78, 5) is 37.7. The zero-order valence-corrected chi connectivity index (χ0v) is 14.7. The van der Waals surface area contributed by atoms with Gasteiger partial charge in [-0.05, 0) is 32.6 Å². The zero-order chi connectivity index (χ0) is 17.6. The highest BCUT2D eigenvalue weighted by Crippen LogP contribution is 2.29. The van der Waals surface area contributed by atoms with Gasteiger partial charge in [0.2, 0.25) is 17.7 Å². The van der Waals surface area contributed by atoms with E-state index in [0.29, 0.717) is 51.6 Å². The van der Waals surface area contributed by atoms with E-state index in [0.717, 1.165) is 19.3 Å². The van der Waals surface area contributed by atoms with Crippen molar-refractivity contribution in [3.63, 3.8) is 0 Å². The van der Waals surface area contributed by atoms with Crippen molar-refractivity contribution in [2.75, 3.05) is 33.4 Å². The summed E-state index contributed by atoms with van der Waals surface area (Å²) in [6.07, 6.45) is 4.10. The molecule has 1 aliphatic heterocycles. The molecule has 2 N–H and O–H groups in total.